The van der Waals surface area contributed by atoms with Crippen molar-refractivity contribution >= 4 is 21.8 Å². The highest BCUT2D eigenvalue weighted by atomic mass is 32.2. The number of hydrogen-bond donors (Lipinski definition) is 0. The van der Waals surface area contributed by atoms with Crippen molar-refractivity contribution in [1.29, 1.82) is 0 Å². The average Bonchev–Trinajstić information content (AvgIpc) is 2.60. The Morgan fingerprint density at radius 1 is 1.23 bits per heavy atom. The maximum Gasteiger partial charge on any atom is 0.339 e. The summed E-state index contributed by atoms with van der Waals surface area (Å²) in [5, 5.41) is 0. The highest BCUT2D eigenvalue weighted by Crippen LogP contribution is 2.19. The van der Waals surface area contributed by atoms with E-state index in [1.807, 2.05) is 32.0 Å². The van der Waals surface area contributed by atoms with Crippen LogP contribution in [0.15, 0.2) is 46.5 Å². The van der Waals surface area contributed by atoms with Gasteiger partial charge in [-0.3, -0.25) is 0 Å². The largest absolute Gasteiger partial charge is 0.490 e. The van der Waals surface area contributed by atoms with Crippen molar-refractivity contribution in [2.24, 2.45) is 4.40 Å². The van der Waals surface area contributed by atoms with E-state index in [-0.39, 0.29) is 25.5 Å². The molecule has 0 saturated carbocycles. The quantitative estimate of drug-likeness (QED) is 0.575. The summed E-state index contributed by atoms with van der Waals surface area (Å²) in [6.45, 7) is 4.57. The number of sulfonamides is 1. The lowest BCUT2D eigenvalue weighted by Crippen LogP contribution is -2.37. The molecule has 26 heavy (non-hydrogen) atoms. The number of esters is 1. The molecular formula is C18H20N2O5S. The summed E-state index contributed by atoms with van der Waals surface area (Å²) in [5.41, 5.74) is 2.46. The molecule has 138 valence electrons. The van der Waals surface area contributed by atoms with Gasteiger partial charge in [-0.05, 0) is 43.2 Å². The van der Waals surface area contributed by atoms with Crippen LogP contribution in [0.3, 0.4) is 0 Å². The molecule has 0 N–H and O–H groups in total. The fourth-order valence-electron chi connectivity index (χ4n) is 2.55. The summed E-state index contributed by atoms with van der Waals surface area (Å²) in [6, 6.07) is 5.93. The minimum absolute atomic E-state index is 0.0765. The fourth-order valence-corrected chi connectivity index (χ4v) is 3.52. The Hall–Kier alpha value is -2.61. The summed E-state index contributed by atoms with van der Waals surface area (Å²) in [7, 11) is -3.41. The molecule has 0 atom stereocenters. The van der Waals surface area contributed by atoms with E-state index < -0.39 is 16.0 Å². The Bertz CT molecular complexity index is 916. The van der Waals surface area contributed by atoms with Crippen LogP contribution in [0, 0.1) is 13.8 Å². The number of amidine groups is 1. The first-order valence-corrected chi connectivity index (χ1v) is 9.81. The van der Waals surface area contributed by atoms with Crippen LogP contribution in [0.5, 0.6) is 5.75 Å². The molecule has 0 unspecified atom stereocenters. The van der Waals surface area contributed by atoms with Gasteiger partial charge in [-0.2, -0.15) is 0 Å². The third-order valence-corrected chi connectivity index (χ3v) is 5.14. The van der Waals surface area contributed by atoms with Crippen molar-refractivity contribution in [3.63, 3.8) is 0 Å². The maximum absolute atomic E-state index is 12.2. The fraction of sp³-hybridized carbons (Fsp3) is 0.333. The van der Waals surface area contributed by atoms with E-state index in [0.29, 0.717) is 11.4 Å². The number of ether oxygens (including phenoxy) is 2. The lowest BCUT2D eigenvalue weighted by molar-refractivity contribution is -0.139. The first kappa shape index (κ1) is 18.2. The second-order valence-electron chi connectivity index (χ2n) is 6.10. The molecule has 2 aliphatic heterocycles. The zero-order valence-corrected chi connectivity index (χ0v) is 15.5. The summed E-state index contributed by atoms with van der Waals surface area (Å²) in [4.78, 5) is 13.8. The molecule has 2 aliphatic rings. The Morgan fingerprint density at radius 2 is 2.04 bits per heavy atom. The molecule has 0 radical (unpaired) electrons. The molecule has 0 bridgehead atoms. The molecule has 0 aromatic heterocycles. The van der Waals surface area contributed by atoms with E-state index >= 15 is 0 Å². The minimum Gasteiger partial charge on any atom is -0.490 e. The van der Waals surface area contributed by atoms with Gasteiger partial charge in [0.05, 0.1) is 11.3 Å². The minimum atomic E-state index is -3.41. The molecule has 8 heteroatoms. The Morgan fingerprint density at radius 3 is 2.85 bits per heavy atom. The molecule has 2 heterocycles. The van der Waals surface area contributed by atoms with Crippen LogP contribution in [-0.4, -0.2) is 50.6 Å². The van der Waals surface area contributed by atoms with Gasteiger partial charge in [0.25, 0.3) is 10.0 Å². The molecule has 1 aromatic rings. The zero-order valence-electron chi connectivity index (χ0n) is 14.6. The number of benzene rings is 1. The first-order chi connectivity index (χ1) is 12.3. The molecule has 1 aromatic carbocycles. The highest BCUT2D eigenvalue weighted by Gasteiger charge is 2.25. The third-order valence-electron chi connectivity index (χ3n) is 3.98. The van der Waals surface area contributed by atoms with Crippen LogP contribution in [0.25, 0.3) is 0 Å². The van der Waals surface area contributed by atoms with Gasteiger partial charge < -0.3 is 14.4 Å². The normalized spacial score (nSPS) is 17.8. The molecule has 0 saturated heterocycles. The smallest absolute Gasteiger partial charge is 0.339 e. The summed E-state index contributed by atoms with van der Waals surface area (Å²) >= 11 is 0. The summed E-state index contributed by atoms with van der Waals surface area (Å²) in [6.07, 6.45) is 4.56. The summed E-state index contributed by atoms with van der Waals surface area (Å²) < 4.78 is 37.5. The van der Waals surface area contributed by atoms with E-state index in [2.05, 4.69) is 4.40 Å². The summed E-state index contributed by atoms with van der Waals surface area (Å²) in [5.74, 6) is 0.518. The predicted molar refractivity (Wildman–Crippen MR) is 97.5 cm³/mol. The lowest BCUT2D eigenvalue weighted by atomic mass is 10.1. The van der Waals surface area contributed by atoms with E-state index in [9.17, 15) is 13.2 Å². The van der Waals surface area contributed by atoms with Crippen molar-refractivity contribution < 1.29 is 22.7 Å². The molecule has 3 rings (SSSR count). The van der Waals surface area contributed by atoms with Crippen molar-refractivity contribution in [1.82, 2.24) is 4.90 Å². The highest BCUT2D eigenvalue weighted by molar-refractivity contribution is 7.90. The molecular weight excluding hydrogens is 356 g/mol. The number of nitrogens with zero attached hydrogens (tertiary/aromatic N) is 2. The van der Waals surface area contributed by atoms with Gasteiger partial charge >= 0.3 is 5.97 Å². The number of fused-ring (bicyclic) bond motifs is 1. The predicted octanol–water partition coefficient (Wildman–Crippen LogP) is 1.72. The molecule has 0 spiro atoms. The van der Waals surface area contributed by atoms with E-state index in [1.54, 1.807) is 11.1 Å². The van der Waals surface area contributed by atoms with Crippen LogP contribution < -0.4 is 4.74 Å². The number of carbonyl (C=O) groups is 1. The monoisotopic (exact) mass is 376 g/mol. The van der Waals surface area contributed by atoms with Gasteiger partial charge in [0, 0.05) is 12.7 Å². The Kier molecular flexibility index (Phi) is 5.13. The van der Waals surface area contributed by atoms with Crippen LogP contribution in [0.1, 0.15) is 11.1 Å². The van der Waals surface area contributed by atoms with Crippen molar-refractivity contribution in [3.05, 3.63) is 53.3 Å². The van der Waals surface area contributed by atoms with Crippen LogP contribution >= 0.6 is 0 Å². The SMILES string of the molecule is Cc1ccc(C)c(OCCOC(=O)C2=CN3CCS(=O)(=O)N=C3C=C2)c1. The van der Waals surface area contributed by atoms with Gasteiger partial charge in [-0.1, -0.05) is 12.1 Å². The maximum atomic E-state index is 12.2. The van der Waals surface area contributed by atoms with E-state index in [1.165, 1.54) is 12.2 Å². The zero-order chi connectivity index (χ0) is 18.7. The van der Waals surface area contributed by atoms with Gasteiger partial charge in [0.15, 0.2) is 0 Å². The topological polar surface area (TPSA) is 85.3 Å². The van der Waals surface area contributed by atoms with Crippen molar-refractivity contribution in [3.8, 4) is 5.75 Å². The number of rotatable bonds is 5. The van der Waals surface area contributed by atoms with Crippen LogP contribution in [0.2, 0.25) is 0 Å². The van der Waals surface area contributed by atoms with Gasteiger partial charge in [-0.25, -0.2) is 13.2 Å². The van der Waals surface area contributed by atoms with Gasteiger partial charge in [-0.15, -0.1) is 4.40 Å². The Labute approximate surface area is 152 Å². The average molecular weight is 376 g/mol. The van der Waals surface area contributed by atoms with Crippen molar-refractivity contribution in [2.45, 2.75) is 13.8 Å². The van der Waals surface area contributed by atoms with E-state index in [0.717, 1.165) is 16.9 Å². The number of aryl methyl sites for hydroxylation is 2. The number of hydrogen-bond acceptors (Lipinski definition) is 6. The van der Waals surface area contributed by atoms with Crippen LogP contribution in [0.4, 0.5) is 0 Å². The first-order valence-electron chi connectivity index (χ1n) is 8.20. The standard InChI is InChI=1S/C18H20N2O5S/c1-13-3-4-14(2)16(11-13)24-8-9-25-18(21)15-5-6-17-19-26(22,23)10-7-20(17)12-15/h3-6,11-12H,7-10H2,1-2H3. The Balaban J connectivity index is 1.52. The lowest BCUT2D eigenvalue weighted by Gasteiger charge is -2.26. The number of carbonyl (C=O) groups excluding carboxylic acids is 1. The van der Waals surface area contributed by atoms with Gasteiger partial charge in [0.1, 0.15) is 24.8 Å². The molecule has 7 nitrogen and oxygen atoms in total. The van der Waals surface area contributed by atoms with Gasteiger partial charge in [0.2, 0.25) is 0 Å². The second kappa shape index (κ2) is 7.33. The van der Waals surface area contributed by atoms with E-state index in [4.69, 9.17) is 9.47 Å². The second-order valence-corrected chi connectivity index (χ2v) is 7.85. The molecule has 0 aliphatic carbocycles. The van der Waals surface area contributed by atoms with Crippen molar-refractivity contribution in [2.75, 3.05) is 25.5 Å². The van der Waals surface area contributed by atoms with Crippen LogP contribution in [-0.2, 0) is 19.6 Å². The molecule has 0 fully saturated rings. The third kappa shape index (κ3) is 4.32. The molecule has 0 amide bonds.